The number of hydrogen-bond donors (Lipinski definition) is 0. The molecule has 0 radical (unpaired) electrons. The standard InChI is InChI=1S/C19H24N4O2/c1-21-13-20-17-12-22(10-14-4-6-15(25-2)7-5-14)11-16(18(17)21)19(24)23-8-3-9-23/h4-7,13,16H,3,8-12H2,1-2H3/t16-/m0/s1. The van der Waals surface area contributed by atoms with Crippen molar-refractivity contribution >= 4 is 5.91 Å². The molecule has 0 spiro atoms. The van der Waals surface area contributed by atoms with E-state index in [1.54, 1.807) is 7.11 Å². The fourth-order valence-electron chi connectivity index (χ4n) is 3.74. The van der Waals surface area contributed by atoms with Crippen LogP contribution in [0.2, 0.25) is 0 Å². The summed E-state index contributed by atoms with van der Waals surface area (Å²) in [5.41, 5.74) is 3.33. The third-order valence-corrected chi connectivity index (χ3v) is 5.24. The smallest absolute Gasteiger partial charge is 0.233 e. The Morgan fingerprint density at radius 1 is 1.28 bits per heavy atom. The molecule has 0 saturated carbocycles. The minimum Gasteiger partial charge on any atom is -0.497 e. The molecule has 0 N–H and O–H groups in total. The summed E-state index contributed by atoms with van der Waals surface area (Å²) in [6, 6.07) is 8.13. The number of likely N-dealkylation sites (tertiary alicyclic amines) is 1. The SMILES string of the molecule is COc1ccc(CN2Cc3ncn(C)c3[C@@H](C(=O)N3CCC3)C2)cc1. The number of nitrogens with zero attached hydrogens (tertiary/aromatic N) is 4. The van der Waals surface area contributed by atoms with Gasteiger partial charge < -0.3 is 14.2 Å². The van der Waals surface area contributed by atoms with Crippen LogP contribution in [-0.4, -0.2) is 52.0 Å². The summed E-state index contributed by atoms with van der Waals surface area (Å²) in [4.78, 5) is 21.7. The zero-order valence-corrected chi connectivity index (χ0v) is 14.8. The highest BCUT2D eigenvalue weighted by Gasteiger charge is 2.37. The van der Waals surface area contributed by atoms with E-state index in [1.807, 2.05) is 35.0 Å². The number of aryl methyl sites for hydroxylation is 1. The zero-order chi connectivity index (χ0) is 17.4. The van der Waals surface area contributed by atoms with Crippen LogP contribution in [0.1, 0.15) is 29.3 Å². The van der Waals surface area contributed by atoms with Crippen LogP contribution >= 0.6 is 0 Å². The Hall–Kier alpha value is -2.34. The molecule has 4 rings (SSSR count). The molecule has 25 heavy (non-hydrogen) atoms. The van der Waals surface area contributed by atoms with Gasteiger partial charge in [-0.15, -0.1) is 0 Å². The maximum absolute atomic E-state index is 12.9. The number of carbonyl (C=O) groups is 1. The van der Waals surface area contributed by atoms with Crippen molar-refractivity contribution in [1.82, 2.24) is 19.4 Å². The third-order valence-electron chi connectivity index (χ3n) is 5.24. The van der Waals surface area contributed by atoms with Crippen molar-refractivity contribution in [2.24, 2.45) is 7.05 Å². The quantitative estimate of drug-likeness (QED) is 0.851. The van der Waals surface area contributed by atoms with Gasteiger partial charge in [0.2, 0.25) is 5.91 Å². The first-order chi connectivity index (χ1) is 12.2. The molecule has 6 nitrogen and oxygen atoms in total. The van der Waals surface area contributed by atoms with E-state index < -0.39 is 0 Å². The van der Waals surface area contributed by atoms with Crippen LogP contribution in [0.15, 0.2) is 30.6 Å². The molecule has 1 fully saturated rings. The molecular formula is C19H24N4O2. The molecule has 3 heterocycles. The van der Waals surface area contributed by atoms with Gasteiger partial charge in [-0.1, -0.05) is 12.1 Å². The van der Waals surface area contributed by atoms with Crippen LogP contribution in [0, 0.1) is 0 Å². The molecule has 0 aliphatic carbocycles. The summed E-state index contributed by atoms with van der Waals surface area (Å²) in [6.45, 7) is 4.12. The number of amides is 1. The van der Waals surface area contributed by atoms with Gasteiger partial charge in [0.05, 0.1) is 30.7 Å². The first kappa shape index (κ1) is 16.1. The third kappa shape index (κ3) is 3.02. The summed E-state index contributed by atoms with van der Waals surface area (Å²) < 4.78 is 7.24. The number of rotatable bonds is 4. The van der Waals surface area contributed by atoms with Gasteiger partial charge in [-0.2, -0.15) is 0 Å². The first-order valence-corrected chi connectivity index (χ1v) is 8.80. The van der Waals surface area contributed by atoms with E-state index in [4.69, 9.17) is 4.74 Å². The Morgan fingerprint density at radius 3 is 2.68 bits per heavy atom. The van der Waals surface area contributed by atoms with Crippen LogP contribution in [0.25, 0.3) is 0 Å². The lowest BCUT2D eigenvalue weighted by Gasteiger charge is -2.38. The lowest BCUT2D eigenvalue weighted by molar-refractivity contribution is -0.137. The monoisotopic (exact) mass is 340 g/mol. The molecule has 0 unspecified atom stereocenters. The van der Waals surface area contributed by atoms with Gasteiger partial charge in [0.1, 0.15) is 5.75 Å². The summed E-state index contributed by atoms with van der Waals surface area (Å²) in [7, 11) is 3.66. The van der Waals surface area contributed by atoms with E-state index in [-0.39, 0.29) is 11.8 Å². The highest BCUT2D eigenvalue weighted by Crippen LogP contribution is 2.31. The van der Waals surface area contributed by atoms with Crippen molar-refractivity contribution in [1.29, 1.82) is 0 Å². The first-order valence-electron chi connectivity index (χ1n) is 8.80. The van der Waals surface area contributed by atoms with E-state index in [0.29, 0.717) is 0 Å². The molecule has 0 bridgehead atoms. The molecular weight excluding hydrogens is 316 g/mol. The highest BCUT2D eigenvalue weighted by molar-refractivity contribution is 5.84. The van der Waals surface area contributed by atoms with E-state index in [2.05, 4.69) is 22.0 Å². The highest BCUT2D eigenvalue weighted by atomic mass is 16.5. The van der Waals surface area contributed by atoms with Gasteiger partial charge in [0.25, 0.3) is 0 Å². The largest absolute Gasteiger partial charge is 0.497 e. The Bertz CT molecular complexity index is 764. The minimum absolute atomic E-state index is 0.116. The van der Waals surface area contributed by atoms with Crippen molar-refractivity contribution in [2.45, 2.75) is 25.4 Å². The number of ether oxygens (including phenoxy) is 1. The van der Waals surface area contributed by atoms with Crippen LogP contribution < -0.4 is 4.74 Å². The summed E-state index contributed by atoms with van der Waals surface area (Å²) in [5, 5.41) is 0. The Balaban J connectivity index is 1.55. The number of carbonyl (C=O) groups excluding carboxylic acids is 1. The van der Waals surface area contributed by atoms with Crippen molar-refractivity contribution in [2.75, 3.05) is 26.7 Å². The second-order valence-electron chi connectivity index (χ2n) is 6.94. The van der Waals surface area contributed by atoms with Gasteiger partial charge in [-0.25, -0.2) is 4.98 Å². The number of methoxy groups -OCH3 is 1. The van der Waals surface area contributed by atoms with E-state index >= 15 is 0 Å². The zero-order valence-electron chi connectivity index (χ0n) is 14.8. The van der Waals surface area contributed by atoms with Gasteiger partial charge in [-0.3, -0.25) is 9.69 Å². The number of hydrogen-bond acceptors (Lipinski definition) is 4. The predicted molar refractivity (Wildman–Crippen MR) is 94.3 cm³/mol. The molecule has 1 aromatic heterocycles. The molecule has 2 aliphatic heterocycles. The second-order valence-corrected chi connectivity index (χ2v) is 6.94. The van der Waals surface area contributed by atoms with Gasteiger partial charge in [-0.05, 0) is 24.1 Å². The Labute approximate surface area is 148 Å². The molecule has 2 aliphatic rings. The Morgan fingerprint density at radius 2 is 2.04 bits per heavy atom. The number of benzene rings is 1. The van der Waals surface area contributed by atoms with E-state index in [9.17, 15) is 4.79 Å². The van der Waals surface area contributed by atoms with Crippen molar-refractivity contribution in [3.63, 3.8) is 0 Å². The predicted octanol–water partition coefficient (Wildman–Crippen LogP) is 1.76. The number of fused-ring (bicyclic) bond motifs is 1. The van der Waals surface area contributed by atoms with Crippen molar-refractivity contribution < 1.29 is 9.53 Å². The number of imidazole rings is 1. The molecule has 1 atom stereocenters. The lowest BCUT2D eigenvalue weighted by atomic mass is 9.95. The van der Waals surface area contributed by atoms with Crippen LogP contribution in [0.5, 0.6) is 5.75 Å². The van der Waals surface area contributed by atoms with Crippen LogP contribution in [-0.2, 0) is 24.9 Å². The molecule has 1 aromatic carbocycles. The fraction of sp³-hybridized carbons (Fsp3) is 0.474. The van der Waals surface area contributed by atoms with Crippen LogP contribution in [0.4, 0.5) is 0 Å². The maximum atomic E-state index is 12.9. The molecule has 2 aromatic rings. The molecule has 6 heteroatoms. The maximum Gasteiger partial charge on any atom is 0.233 e. The normalized spacial score (nSPS) is 20.1. The van der Waals surface area contributed by atoms with E-state index in [1.165, 1.54) is 5.56 Å². The van der Waals surface area contributed by atoms with E-state index in [0.717, 1.165) is 56.3 Å². The fourth-order valence-corrected chi connectivity index (χ4v) is 3.74. The topological polar surface area (TPSA) is 50.6 Å². The molecule has 132 valence electrons. The van der Waals surface area contributed by atoms with Crippen molar-refractivity contribution in [3.05, 3.63) is 47.5 Å². The molecule has 1 amide bonds. The Kier molecular flexibility index (Phi) is 4.21. The number of aromatic nitrogens is 2. The lowest BCUT2D eigenvalue weighted by Crippen LogP contribution is -2.48. The summed E-state index contributed by atoms with van der Waals surface area (Å²) >= 11 is 0. The van der Waals surface area contributed by atoms with Gasteiger partial charge in [0.15, 0.2) is 0 Å². The van der Waals surface area contributed by atoms with Crippen molar-refractivity contribution in [3.8, 4) is 5.75 Å². The second kappa shape index (κ2) is 6.52. The van der Waals surface area contributed by atoms with Crippen LogP contribution in [0.3, 0.4) is 0 Å². The average Bonchev–Trinajstić information content (AvgIpc) is 2.94. The summed E-state index contributed by atoms with van der Waals surface area (Å²) in [5.74, 6) is 0.991. The summed E-state index contributed by atoms with van der Waals surface area (Å²) in [6.07, 6.45) is 2.95. The molecule has 1 saturated heterocycles. The average molecular weight is 340 g/mol. The van der Waals surface area contributed by atoms with Gasteiger partial charge in [0, 0.05) is 39.8 Å². The van der Waals surface area contributed by atoms with Gasteiger partial charge >= 0.3 is 0 Å². The minimum atomic E-state index is -0.116.